The predicted molar refractivity (Wildman–Crippen MR) is 71.3 cm³/mol. The molecule has 2 rings (SSSR count). The molecule has 1 aromatic rings. The summed E-state index contributed by atoms with van der Waals surface area (Å²) in [5.74, 6) is -0.457. The maximum Gasteiger partial charge on any atom is 0.152 e. The highest BCUT2D eigenvalue weighted by atomic mass is 35.5. The van der Waals surface area contributed by atoms with E-state index in [9.17, 15) is 12.8 Å². The molecule has 2 unspecified atom stereocenters. The zero-order chi connectivity index (χ0) is 13.3. The van der Waals surface area contributed by atoms with E-state index in [-0.39, 0.29) is 6.04 Å². The molecule has 2 atom stereocenters. The van der Waals surface area contributed by atoms with Gasteiger partial charge in [0.1, 0.15) is 5.82 Å². The first kappa shape index (κ1) is 13.6. The van der Waals surface area contributed by atoms with Gasteiger partial charge in [0.2, 0.25) is 0 Å². The lowest BCUT2D eigenvalue weighted by atomic mass is 10.2. The number of anilines is 1. The second kappa shape index (κ2) is 5.05. The van der Waals surface area contributed by atoms with Gasteiger partial charge in [-0.2, -0.15) is 0 Å². The maximum absolute atomic E-state index is 13.6. The van der Waals surface area contributed by atoms with Gasteiger partial charge in [0.25, 0.3) is 0 Å². The normalized spacial score (nSPS) is 24.2. The highest BCUT2D eigenvalue weighted by Gasteiger charge is 2.34. The number of benzene rings is 1. The van der Waals surface area contributed by atoms with E-state index in [0.717, 1.165) is 12.8 Å². The van der Waals surface area contributed by atoms with Gasteiger partial charge < -0.3 is 5.32 Å². The molecule has 0 amide bonds. The van der Waals surface area contributed by atoms with Gasteiger partial charge in [0.05, 0.1) is 10.9 Å². The van der Waals surface area contributed by atoms with E-state index in [1.165, 1.54) is 18.4 Å². The van der Waals surface area contributed by atoms with Gasteiger partial charge in [-0.15, -0.1) is 0 Å². The van der Waals surface area contributed by atoms with Crippen molar-refractivity contribution in [3.8, 4) is 0 Å². The van der Waals surface area contributed by atoms with Crippen molar-refractivity contribution >= 4 is 27.1 Å². The molecule has 0 bridgehead atoms. The molecule has 0 spiro atoms. The van der Waals surface area contributed by atoms with Gasteiger partial charge in [0.15, 0.2) is 9.84 Å². The average molecular weight is 292 g/mol. The Bertz CT molecular complexity index is 547. The Balaban J connectivity index is 2.18. The fraction of sp³-hybridized carbons (Fsp3) is 0.500. The van der Waals surface area contributed by atoms with E-state index in [4.69, 9.17) is 11.6 Å². The lowest BCUT2D eigenvalue weighted by Gasteiger charge is -2.21. The lowest BCUT2D eigenvalue weighted by molar-refractivity contribution is 0.577. The number of sulfone groups is 1. The van der Waals surface area contributed by atoms with Gasteiger partial charge in [-0.1, -0.05) is 11.6 Å². The Kier molecular flexibility index (Phi) is 3.82. The fourth-order valence-electron chi connectivity index (χ4n) is 2.41. The summed E-state index contributed by atoms with van der Waals surface area (Å²) in [6.07, 6.45) is 3.44. The molecule has 0 aliphatic heterocycles. The summed E-state index contributed by atoms with van der Waals surface area (Å²) in [5, 5.41) is 2.87. The van der Waals surface area contributed by atoms with Crippen LogP contribution in [0.3, 0.4) is 0 Å². The molecule has 1 aliphatic carbocycles. The van der Waals surface area contributed by atoms with Gasteiger partial charge >= 0.3 is 0 Å². The van der Waals surface area contributed by atoms with E-state index in [2.05, 4.69) is 5.32 Å². The van der Waals surface area contributed by atoms with E-state index >= 15 is 0 Å². The van der Waals surface area contributed by atoms with Crippen molar-refractivity contribution in [1.29, 1.82) is 0 Å². The standard InChI is InChI=1S/C12H15ClFNO2S/c1-18(16,17)12-4-2-3-11(12)15-10-6-5-8(13)7-9(10)14/h5-7,11-12,15H,2-4H2,1H3. The summed E-state index contributed by atoms with van der Waals surface area (Å²) in [6.45, 7) is 0. The molecule has 1 N–H and O–H groups in total. The molecule has 0 radical (unpaired) electrons. The van der Waals surface area contributed by atoms with Crippen LogP contribution < -0.4 is 5.32 Å². The highest BCUT2D eigenvalue weighted by molar-refractivity contribution is 7.91. The minimum Gasteiger partial charge on any atom is -0.379 e. The lowest BCUT2D eigenvalue weighted by Crippen LogP contribution is -2.34. The van der Waals surface area contributed by atoms with E-state index in [1.54, 1.807) is 6.07 Å². The number of hydrogen-bond acceptors (Lipinski definition) is 3. The molecule has 1 aliphatic rings. The third kappa shape index (κ3) is 2.95. The zero-order valence-electron chi connectivity index (χ0n) is 9.99. The molecule has 1 aromatic carbocycles. The minimum absolute atomic E-state index is 0.226. The first-order chi connectivity index (χ1) is 8.38. The van der Waals surface area contributed by atoms with Crippen LogP contribution >= 0.6 is 11.6 Å². The van der Waals surface area contributed by atoms with Crippen molar-refractivity contribution in [2.75, 3.05) is 11.6 Å². The van der Waals surface area contributed by atoms with Gasteiger partial charge in [-0.25, -0.2) is 12.8 Å². The van der Waals surface area contributed by atoms with Crippen LogP contribution in [0.2, 0.25) is 5.02 Å². The Hall–Kier alpha value is -0.810. The minimum atomic E-state index is -3.10. The van der Waals surface area contributed by atoms with Crippen LogP contribution in [0.5, 0.6) is 0 Å². The van der Waals surface area contributed by atoms with Gasteiger partial charge in [-0.05, 0) is 37.5 Å². The highest BCUT2D eigenvalue weighted by Crippen LogP contribution is 2.29. The summed E-state index contributed by atoms with van der Waals surface area (Å²) in [5.41, 5.74) is 0.306. The molecule has 1 saturated carbocycles. The van der Waals surface area contributed by atoms with E-state index in [0.29, 0.717) is 17.1 Å². The monoisotopic (exact) mass is 291 g/mol. The fourth-order valence-corrected chi connectivity index (χ4v) is 3.96. The van der Waals surface area contributed by atoms with Crippen LogP contribution in [-0.4, -0.2) is 26.0 Å². The summed E-state index contributed by atoms with van der Waals surface area (Å²) < 4.78 is 36.9. The van der Waals surface area contributed by atoms with E-state index in [1.807, 2.05) is 0 Å². The molecule has 1 fully saturated rings. The molecular weight excluding hydrogens is 277 g/mol. The maximum atomic E-state index is 13.6. The van der Waals surface area contributed by atoms with Crippen molar-refractivity contribution in [2.45, 2.75) is 30.6 Å². The predicted octanol–water partition coefficient (Wildman–Crippen LogP) is 2.86. The molecule has 0 heterocycles. The first-order valence-corrected chi connectivity index (χ1v) is 8.11. The van der Waals surface area contributed by atoms with Crippen LogP contribution in [-0.2, 0) is 9.84 Å². The molecule has 18 heavy (non-hydrogen) atoms. The van der Waals surface area contributed by atoms with Crippen LogP contribution in [0.25, 0.3) is 0 Å². The Morgan fingerprint density at radius 2 is 2.11 bits per heavy atom. The quantitative estimate of drug-likeness (QED) is 0.931. The molecule has 6 heteroatoms. The Morgan fingerprint density at radius 3 is 2.72 bits per heavy atom. The van der Waals surface area contributed by atoms with Crippen molar-refractivity contribution in [2.24, 2.45) is 0 Å². The second-order valence-corrected chi connectivity index (χ2v) is 7.37. The Morgan fingerprint density at radius 1 is 1.39 bits per heavy atom. The largest absolute Gasteiger partial charge is 0.379 e. The molecule has 0 aromatic heterocycles. The van der Waals surface area contributed by atoms with Crippen molar-refractivity contribution in [3.63, 3.8) is 0 Å². The smallest absolute Gasteiger partial charge is 0.152 e. The third-order valence-electron chi connectivity index (χ3n) is 3.27. The third-order valence-corrected chi connectivity index (χ3v) is 5.17. The van der Waals surface area contributed by atoms with Crippen molar-refractivity contribution in [1.82, 2.24) is 0 Å². The average Bonchev–Trinajstić information content (AvgIpc) is 2.70. The SMILES string of the molecule is CS(=O)(=O)C1CCCC1Nc1ccc(Cl)cc1F. The summed E-state index contributed by atoms with van der Waals surface area (Å²) in [7, 11) is -3.10. The number of nitrogens with one attached hydrogen (secondary N) is 1. The number of rotatable bonds is 3. The molecule has 3 nitrogen and oxygen atoms in total. The second-order valence-electron chi connectivity index (χ2n) is 4.67. The summed E-state index contributed by atoms with van der Waals surface area (Å²) in [6, 6.07) is 4.11. The van der Waals surface area contributed by atoms with Crippen LogP contribution in [0, 0.1) is 5.82 Å². The molecular formula is C12H15ClFNO2S. The van der Waals surface area contributed by atoms with Crippen LogP contribution in [0.4, 0.5) is 10.1 Å². The molecule has 0 saturated heterocycles. The van der Waals surface area contributed by atoms with Crippen LogP contribution in [0.15, 0.2) is 18.2 Å². The van der Waals surface area contributed by atoms with Crippen LogP contribution in [0.1, 0.15) is 19.3 Å². The zero-order valence-corrected chi connectivity index (χ0v) is 11.6. The van der Waals surface area contributed by atoms with Crippen molar-refractivity contribution < 1.29 is 12.8 Å². The summed E-state index contributed by atoms with van der Waals surface area (Å²) >= 11 is 5.67. The van der Waals surface area contributed by atoms with Crippen molar-refractivity contribution in [3.05, 3.63) is 29.0 Å². The topological polar surface area (TPSA) is 46.2 Å². The van der Waals surface area contributed by atoms with E-state index < -0.39 is 20.9 Å². The Labute approximate surface area is 111 Å². The number of hydrogen-bond donors (Lipinski definition) is 1. The summed E-state index contributed by atoms with van der Waals surface area (Å²) in [4.78, 5) is 0. The van der Waals surface area contributed by atoms with Gasteiger partial charge in [-0.3, -0.25) is 0 Å². The first-order valence-electron chi connectivity index (χ1n) is 5.78. The number of halogens is 2. The molecule has 100 valence electrons. The van der Waals surface area contributed by atoms with Gasteiger partial charge in [0, 0.05) is 17.3 Å².